The summed E-state index contributed by atoms with van der Waals surface area (Å²) >= 11 is 0. The van der Waals surface area contributed by atoms with Gasteiger partial charge in [-0.15, -0.1) is 0 Å². The predicted molar refractivity (Wildman–Crippen MR) is 75.2 cm³/mol. The lowest BCUT2D eigenvalue weighted by atomic mass is 10.2. The fraction of sp³-hybridized carbons (Fsp3) is 0.0625. The molecule has 2 aromatic carbocycles. The maximum Gasteiger partial charge on any atom is 0.338 e. The number of aromatic nitrogens is 2. The van der Waals surface area contributed by atoms with Gasteiger partial charge in [0.15, 0.2) is 6.61 Å². The van der Waals surface area contributed by atoms with E-state index in [0.29, 0.717) is 11.9 Å². The van der Waals surface area contributed by atoms with Crippen molar-refractivity contribution in [3.05, 3.63) is 71.6 Å². The van der Waals surface area contributed by atoms with Crippen molar-refractivity contribution in [3.63, 3.8) is 0 Å². The first-order valence-corrected chi connectivity index (χ1v) is 6.63. The average molecular weight is 316 g/mol. The van der Waals surface area contributed by atoms with Gasteiger partial charge in [-0.1, -0.05) is 35.5 Å². The first-order chi connectivity index (χ1) is 11.1. The van der Waals surface area contributed by atoms with Crippen molar-refractivity contribution in [1.82, 2.24) is 10.1 Å². The zero-order valence-corrected chi connectivity index (χ0v) is 11.7. The molecule has 0 atom stereocenters. The third kappa shape index (κ3) is 3.57. The molecule has 0 aliphatic heterocycles. The summed E-state index contributed by atoms with van der Waals surface area (Å²) in [7, 11) is 0. The summed E-state index contributed by atoms with van der Waals surface area (Å²) in [5.74, 6) is -2.17. The van der Waals surface area contributed by atoms with Crippen molar-refractivity contribution in [2.24, 2.45) is 0 Å². The van der Waals surface area contributed by atoms with Gasteiger partial charge in [-0.05, 0) is 12.1 Å². The van der Waals surface area contributed by atoms with Crippen LogP contribution in [0.1, 0.15) is 16.2 Å². The Morgan fingerprint density at radius 2 is 1.78 bits per heavy atom. The summed E-state index contributed by atoms with van der Waals surface area (Å²) in [4.78, 5) is 15.8. The molecule has 3 aromatic rings. The molecule has 0 saturated heterocycles. The molecule has 1 aromatic heterocycles. The SMILES string of the molecule is O=C(OCc1nc(-c2ccccc2)no1)c1cc(F)cc(F)c1. The first-order valence-electron chi connectivity index (χ1n) is 6.63. The van der Waals surface area contributed by atoms with Crippen LogP contribution in [0.15, 0.2) is 53.1 Å². The van der Waals surface area contributed by atoms with E-state index in [0.717, 1.165) is 17.7 Å². The Hall–Kier alpha value is -3.09. The second-order valence-corrected chi connectivity index (χ2v) is 4.61. The monoisotopic (exact) mass is 316 g/mol. The van der Waals surface area contributed by atoms with Gasteiger partial charge >= 0.3 is 5.97 Å². The molecule has 0 N–H and O–H groups in total. The highest BCUT2D eigenvalue weighted by molar-refractivity contribution is 5.89. The molecule has 0 amide bonds. The van der Waals surface area contributed by atoms with Crippen LogP contribution in [-0.2, 0) is 11.3 Å². The van der Waals surface area contributed by atoms with Gasteiger partial charge in [-0.3, -0.25) is 0 Å². The maximum absolute atomic E-state index is 13.1. The second-order valence-electron chi connectivity index (χ2n) is 4.61. The van der Waals surface area contributed by atoms with Gasteiger partial charge < -0.3 is 9.26 Å². The molecule has 23 heavy (non-hydrogen) atoms. The summed E-state index contributed by atoms with van der Waals surface area (Å²) in [6, 6.07) is 11.5. The number of hydrogen-bond donors (Lipinski definition) is 0. The summed E-state index contributed by atoms with van der Waals surface area (Å²) < 4.78 is 36.0. The van der Waals surface area contributed by atoms with Crippen LogP contribution in [0.5, 0.6) is 0 Å². The van der Waals surface area contributed by atoms with Gasteiger partial charge in [-0.25, -0.2) is 13.6 Å². The quantitative estimate of drug-likeness (QED) is 0.690. The van der Waals surface area contributed by atoms with Crippen LogP contribution in [-0.4, -0.2) is 16.1 Å². The van der Waals surface area contributed by atoms with Crippen LogP contribution >= 0.6 is 0 Å². The van der Waals surface area contributed by atoms with Crippen molar-refractivity contribution >= 4 is 5.97 Å². The molecule has 1 heterocycles. The van der Waals surface area contributed by atoms with Crippen molar-refractivity contribution in [2.75, 3.05) is 0 Å². The van der Waals surface area contributed by atoms with Crippen LogP contribution in [0.2, 0.25) is 0 Å². The smallest absolute Gasteiger partial charge is 0.338 e. The Bertz CT molecular complexity index is 814. The molecule has 0 aliphatic carbocycles. The number of nitrogens with zero attached hydrogens (tertiary/aromatic N) is 2. The van der Waals surface area contributed by atoms with Gasteiger partial charge in [-0.2, -0.15) is 4.98 Å². The summed E-state index contributed by atoms with van der Waals surface area (Å²) in [6.07, 6.45) is 0. The summed E-state index contributed by atoms with van der Waals surface area (Å²) in [5.41, 5.74) is 0.520. The van der Waals surface area contributed by atoms with E-state index >= 15 is 0 Å². The molecule has 0 aliphatic rings. The highest BCUT2D eigenvalue weighted by Gasteiger charge is 2.14. The van der Waals surface area contributed by atoms with E-state index in [-0.39, 0.29) is 18.1 Å². The van der Waals surface area contributed by atoms with Crippen molar-refractivity contribution in [3.8, 4) is 11.4 Å². The molecule has 5 nitrogen and oxygen atoms in total. The number of esters is 1. The number of ether oxygens (including phenoxy) is 1. The highest BCUT2D eigenvalue weighted by Crippen LogP contribution is 2.15. The Balaban J connectivity index is 1.67. The molecule has 0 fully saturated rings. The largest absolute Gasteiger partial charge is 0.452 e. The molecule has 0 radical (unpaired) electrons. The van der Waals surface area contributed by atoms with Gasteiger partial charge in [0.1, 0.15) is 11.6 Å². The zero-order valence-electron chi connectivity index (χ0n) is 11.7. The van der Waals surface area contributed by atoms with Gasteiger partial charge in [0.25, 0.3) is 5.89 Å². The van der Waals surface area contributed by atoms with Gasteiger partial charge in [0.05, 0.1) is 5.56 Å². The van der Waals surface area contributed by atoms with Crippen molar-refractivity contribution in [1.29, 1.82) is 0 Å². The average Bonchev–Trinajstić information content (AvgIpc) is 3.01. The lowest BCUT2D eigenvalue weighted by molar-refractivity contribution is 0.0428. The molecule has 0 spiro atoms. The van der Waals surface area contributed by atoms with Crippen molar-refractivity contribution in [2.45, 2.75) is 6.61 Å². The fourth-order valence-corrected chi connectivity index (χ4v) is 1.90. The van der Waals surface area contributed by atoms with Crippen molar-refractivity contribution < 1.29 is 22.8 Å². The number of hydrogen-bond acceptors (Lipinski definition) is 5. The van der Waals surface area contributed by atoms with Crippen LogP contribution in [0.4, 0.5) is 8.78 Å². The molecular formula is C16H10F2N2O3. The Labute approximate surface area is 129 Å². The molecule has 116 valence electrons. The zero-order chi connectivity index (χ0) is 16.2. The predicted octanol–water partition coefficient (Wildman–Crippen LogP) is 3.37. The third-order valence-corrected chi connectivity index (χ3v) is 2.93. The minimum absolute atomic E-state index is 0.0779. The Morgan fingerprint density at radius 3 is 2.48 bits per heavy atom. The minimum atomic E-state index is -0.886. The van der Waals surface area contributed by atoms with E-state index in [1.807, 2.05) is 18.2 Å². The number of carbonyl (C=O) groups excluding carboxylic acids is 1. The Kier molecular flexibility index (Phi) is 4.09. The molecule has 0 unspecified atom stereocenters. The first kappa shape index (κ1) is 14.8. The number of benzene rings is 2. The van der Waals surface area contributed by atoms with Crippen LogP contribution in [0.25, 0.3) is 11.4 Å². The lowest BCUT2D eigenvalue weighted by Crippen LogP contribution is -2.06. The van der Waals surface area contributed by atoms with Gasteiger partial charge in [0.2, 0.25) is 5.82 Å². The standard InChI is InChI=1S/C16H10F2N2O3/c17-12-6-11(7-13(18)8-12)16(21)22-9-14-19-15(20-23-14)10-4-2-1-3-5-10/h1-8H,9H2. The van der Waals surface area contributed by atoms with E-state index in [4.69, 9.17) is 9.26 Å². The minimum Gasteiger partial charge on any atom is -0.452 e. The topological polar surface area (TPSA) is 65.2 Å². The third-order valence-electron chi connectivity index (χ3n) is 2.93. The number of halogens is 2. The van der Waals surface area contributed by atoms with Crippen LogP contribution in [0.3, 0.4) is 0 Å². The van der Waals surface area contributed by atoms with E-state index < -0.39 is 17.6 Å². The van der Waals surface area contributed by atoms with Crippen LogP contribution in [0, 0.1) is 11.6 Å². The number of carbonyl (C=O) groups is 1. The van der Waals surface area contributed by atoms with E-state index in [9.17, 15) is 13.6 Å². The highest BCUT2D eigenvalue weighted by atomic mass is 19.1. The van der Waals surface area contributed by atoms with Gasteiger partial charge in [0, 0.05) is 11.6 Å². The summed E-state index contributed by atoms with van der Waals surface area (Å²) in [5, 5.41) is 3.77. The molecule has 0 saturated carbocycles. The normalized spacial score (nSPS) is 10.5. The second kappa shape index (κ2) is 6.35. The molecule has 7 heteroatoms. The number of rotatable bonds is 4. The van der Waals surface area contributed by atoms with E-state index in [1.165, 1.54) is 0 Å². The van der Waals surface area contributed by atoms with E-state index in [2.05, 4.69) is 10.1 Å². The lowest BCUT2D eigenvalue weighted by Gasteiger charge is -2.02. The Morgan fingerprint density at radius 1 is 1.09 bits per heavy atom. The fourth-order valence-electron chi connectivity index (χ4n) is 1.90. The maximum atomic E-state index is 13.1. The summed E-state index contributed by atoms with van der Waals surface area (Å²) in [6.45, 7) is -0.295. The molecule has 0 bridgehead atoms. The van der Waals surface area contributed by atoms with Crippen LogP contribution < -0.4 is 0 Å². The molecular weight excluding hydrogens is 306 g/mol. The molecule has 3 rings (SSSR count). The van der Waals surface area contributed by atoms with E-state index in [1.54, 1.807) is 12.1 Å².